The minimum Gasteiger partial charge on any atom is -0.384 e. The molecule has 0 bridgehead atoms. The van der Waals surface area contributed by atoms with Crippen molar-refractivity contribution in [2.24, 2.45) is 0 Å². The number of hydrogen-bond acceptors (Lipinski definition) is 3. The molecule has 0 unspecified atom stereocenters. The highest BCUT2D eigenvalue weighted by molar-refractivity contribution is 5.60. The maximum atomic E-state index is 12.7. The van der Waals surface area contributed by atoms with E-state index in [0.717, 1.165) is 23.3 Å². The first-order valence-electron chi connectivity index (χ1n) is 5.95. The van der Waals surface area contributed by atoms with Gasteiger partial charge in [0, 0.05) is 5.69 Å². The molecule has 3 nitrogen and oxygen atoms in total. The monoisotopic (exact) mass is 281 g/mol. The van der Waals surface area contributed by atoms with E-state index in [1.165, 1.54) is 0 Å². The molecule has 106 valence electrons. The van der Waals surface area contributed by atoms with Crippen LogP contribution in [0.4, 0.5) is 30.5 Å². The van der Waals surface area contributed by atoms with Crippen LogP contribution in [-0.4, -0.2) is 4.98 Å². The van der Waals surface area contributed by atoms with Crippen molar-refractivity contribution in [3.05, 3.63) is 47.0 Å². The van der Waals surface area contributed by atoms with E-state index < -0.39 is 11.7 Å². The summed E-state index contributed by atoms with van der Waals surface area (Å²) < 4.78 is 38.1. The third kappa shape index (κ3) is 3.20. The Labute approximate surface area is 114 Å². The van der Waals surface area contributed by atoms with Gasteiger partial charge in [-0.3, -0.25) is 0 Å². The molecule has 0 amide bonds. The number of rotatable bonds is 2. The number of aryl methyl sites for hydroxylation is 2. The van der Waals surface area contributed by atoms with Gasteiger partial charge in [-0.15, -0.1) is 0 Å². The molecule has 0 radical (unpaired) electrons. The lowest BCUT2D eigenvalue weighted by molar-refractivity contribution is -0.137. The van der Waals surface area contributed by atoms with E-state index in [1.54, 1.807) is 6.07 Å². The highest BCUT2D eigenvalue weighted by Crippen LogP contribution is 2.32. The molecule has 2 rings (SSSR count). The van der Waals surface area contributed by atoms with Gasteiger partial charge >= 0.3 is 6.18 Å². The fourth-order valence-electron chi connectivity index (χ4n) is 1.75. The number of aromatic nitrogens is 1. The molecule has 1 aromatic carbocycles. The molecule has 0 spiro atoms. The maximum Gasteiger partial charge on any atom is 0.416 e. The predicted molar refractivity (Wildman–Crippen MR) is 72.9 cm³/mol. The maximum absolute atomic E-state index is 12.7. The van der Waals surface area contributed by atoms with Crippen LogP contribution >= 0.6 is 0 Å². The molecule has 0 atom stereocenters. The van der Waals surface area contributed by atoms with Crippen LogP contribution in [0.1, 0.15) is 16.7 Å². The Kier molecular flexibility index (Phi) is 3.57. The first kappa shape index (κ1) is 14.2. The van der Waals surface area contributed by atoms with Gasteiger partial charge < -0.3 is 11.1 Å². The van der Waals surface area contributed by atoms with E-state index in [0.29, 0.717) is 5.69 Å². The molecular formula is C14H14F3N3. The number of alkyl halides is 3. The predicted octanol–water partition coefficient (Wildman–Crippen LogP) is 4.04. The summed E-state index contributed by atoms with van der Waals surface area (Å²) in [7, 11) is 0. The molecule has 3 N–H and O–H groups in total. The molecule has 1 heterocycles. The van der Waals surface area contributed by atoms with Crippen LogP contribution in [0.3, 0.4) is 0 Å². The zero-order valence-corrected chi connectivity index (χ0v) is 11.0. The zero-order chi connectivity index (χ0) is 14.9. The van der Waals surface area contributed by atoms with Gasteiger partial charge in [0.05, 0.1) is 5.56 Å². The van der Waals surface area contributed by atoms with Crippen molar-refractivity contribution in [3.8, 4) is 0 Å². The van der Waals surface area contributed by atoms with E-state index in [1.807, 2.05) is 26.0 Å². The second-order valence-electron chi connectivity index (χ2n) is 4.59. The van der Waals surface area contributed by atoms with Gasteiger partial charge in [0.15, 0.2) is 0 Å². The molecule has 0 saturated heterocycles. The van der Waals surface area contributed by atoms with Crippen molar-refractivity contribution in [1.82, 2.24) is 4.98 Å². The quantitative estimate of drug-likeness (QED) is 0.873. The van der Waals surface area contributed by atoms with Crippen LogP contribution in [0.15, 0.2) is 30.3 Å². The van der Waals surface area contributed by atoms with Crippen LogP contribution in [0.25, 0.3) is 0 Å². The lowest BCUT2D eigenvalue weighted by atomic mass is 10.1. The van der Waals surface area contributed by atoms with Gasteiger partial charge in [0.2, 0.25) is 0 Å². The molecule has 6 heteroatoms. The van der Waals surface area contributed by atoms with Gasteiger partial charge in [0.1, 0.15) is 11.6 Å². The molecule has 0 saturated carbocycles. The van der Waals surface area contributed by atoms with Gasteiger partial charge in [-0.25, -0.2) is 4.98 Å². The molecule has 0 aliphatic heterocycles. The van der Waals surface area contributed by atoms with Crippen molar-refractivity contribution >= 4 is 17.3 Å². The van der Waals surface area contributed by atoms with Crippen LogP contribution in [-0.2, 0) is 6.18 Å². The molecular weight excluding hydrogens is 267 g/mol. The van der Waals surface area contributed by atoms with Crippen molar-refractivity contribution in [1.29, 1.82) is 0 Å². The molecule has 0 fully saturated rings. The average Bonchev–Trinajstić information content (AvgIpc) is 2.32. The second kappa shape index (κ2) is 5.03. The van der Waals surface area contributed by atoms with E-state index >= 15 is 0 Å². The van der Waals surface area contributed by atoms with E-state index in [4.69, 9.17) is 5.73 Å². The standard InChI is InChI=1S/C14H14F3N3/c1-8-3-4-11(5-9(8)2)19-13-7-10(14(15,16)17)6-12(18)20-13/h3-7H,1-2H3,(H3,18,19,20). The van der Waals surface area contributed by atoms with Gasteiger partial charge in [0.25, 0.3) is 0 Å². The summed E-state index contributed by atoms with van der Waals surface area (Å²) in [6.07, 6.45) is -4.45. The highest BCUT2D eigenvalue weighted by atomic mass is 19.4. The number of halogens is 3. The molecule has 1 aromatic heterocycles. The van der Waals surface area contributed by atoms with E-state index in [-0.39, 0.29) is 11.6 Å². The van der Waals surface area contributed by atoms with Crippen LogP contribution in [0.2, 0.25) is 0 Å². The summed E-state index contributed by atoms with van der Waals surface area (Å²) in [5.41, 5.74) is 7.40. The number of nitrogen functional groups attached to an aromatic ring is 1. The first-order valence-corrected chi connectivity index (χ1v) is 5.95. The van der Waals surface area contributed by atoms with Crippen LogP contribution < -0.4 is 11.1 Å². The Morgan fingerprint density at radius 3 is 2.35 bits per heavy atom. The number of benzene rings is 1. The number of nitrogens with one attached hydrogen (secondary N) is 1. The Hall–Kier alpha value is -2.24. The topological polar surface area (TPSA) is 50.9 Å². The lowest BCUT2D eigenvalue weighted by Crippen LogP contribution is -2.08. The Bertz CT molecular complexity index is 636. The number of nitrogens with zero attached hydrogens (tertiary/aromatic N) is 1. The van der Waals surface area contributed by atoms with Crippen molar-refractivity contribution in [2.45, 2.75) is 20.0 Å². The number of pyridine rings is 1. The summed E-state index contributed by atoms with van der Waals surface area (Å²) in [6, 6.07) is 7.25. The lowest BCUT2D eigenvalue weighted by Gasteiger charge is -2.12. The number of nitrogens with two attached hydrogens (primary N) is 1. The van der Waals surface area contributed by atoms with Crippen LogP contribution in [0, 0.1) is 13.8 Å². The van der Waals surface area contributed by atoms with Crippen molar-refractivity contribution < 1.29 is 13.2 Å². The molecule has 20 heavy (non-hydrogen) atoms. The zero-order valence-electron chi connectivity index (χ0n) is 11.0. The summed E-state index contributed by atoms with van der Waals surface area (Å²) >= 11 is 0. The van der Waals surface area contributed by atoms with Gasteiger partial charge in [-0.1, -0.05) is 6.07 Å². The summed E-state index contributed by atoms with van der Waals surface area (Å²) in [4.78, 5) is 3.86. The fraction of sp³-hybridized carbons (Fsp3) is 0.214. The van der Waals surface area contributed by atoms with E-state index in [9.17, 15) is 13.2 Å². The summed E-state index contributed by atoms with van der Waals surface area (Å²) in [5, 5.41) is 2.83. The van der Waals surface area contributed by atoms with Gasteiger partial charge in [-0.05, 0) is 49.2 Å². The van der Waals surface area contributed by atoms with Crippen LogP contribution in [0.5, 0.6) is 0 Å². The molecule has 0 aliphatic rings. The largest absolute Gasteiger partial charge is 0.416 e. The third-order valence-corrected chi connectivity index (χ3v) is 2.95. The summed E-state index contributed by atoms with van der Waals surface area (Å²) in [5.74, 6) is -0.105. The SMILES string of the molecule is Cc1ccc(Nc2cc(C(F)(F)F)cc(N)n2)cc1C. The summed E-state index contributed by atoms with van der Waals surface area (Å²) in [6.45, 7) is 3.88. The molecule has 2 aromatic rings. The first-order chi connectivity index (χ1) is 9.25. The minimum atomic E-state index is -4.45. The highest BCUT2D eigenvalue weighted by Gasteiger charge is 2.31. The third-order valence-electron chi connectivity index (χ3n) is 2.95. The Morgan fingerprint density at radius 2 is 1.75 bits per heavy atom. The fourth-order valence-corrected chi connectivity index (χ4v) is 1.75. The van der Waals surface area contributed by atoms with Crippen molar-refractivity contribution in [3.63, 3.8) is 0 Å². The Balaban J connectivity index is 2.33. The second-order valence-corrected chi connectivity index (χ2v) is 4.59. The molecule has 0 aliphatic carbocycles. The van der Waals surface area contributed by atoms with Gasteiger partial charge in [-0.2, -0.15) is 13.2 Å². The number of hydrogen-bond donors (Lipinski definition) is 2. The normalized spacial score (nSPS) is 11.4. The van der Waals surface area contributed by atoms with Crippen molar-refractivity contribution in [2.75, 3.05) is 11.1 Å². The number of anilines is 3. The average molecular weight is 281 g/mol. The van der Waals surface area contributed by atoms with E-state index in [2.05, 4.69) is 10.3 Å². The smallest absolute Gasteiger partial charge is 0.384 e. The Morgan fingerprint density at radius 1 is 1.05 bits per heavy atom. The minimum absolute atomic E-state index is 0.0700.